The molecule has 96 valence electrons. The first-order valence-electron chi connectivity index (χ1n) is 6.56. The van der Waals surface area contributed by atoms with Crippen LogP contribution in [0, 0.1) is 18.3 Å². The molecule has 1 unspecified atom stereocenters. The largest absolute Gasteiger partial charge is 0.364 e. The number of fused-ring (bicyclic) bond motifs is 1. The Balaban J connectivity index is 1.98. The van der Waals surface area contributed by atoms with Crippen molar-refractivity contribution in [1.82, 2.24) is 0 Å². The van der Waals surface area contributed by atoms with E-state index < -0.39 is 5.54 Å². The van der Waals surface area contributed by atoms with Crippen LogP contribution in [-0.2, 0) is 12.0 Å². The van der Waals surface area contributed by atoms with Crippen LogP contribution in [0.1, 0.15) is 28.8 Å². The standard InChI is InChI=1S/C16H16N2S/c1-12-4-6-13(7-5-12)18-16(11-17)9-2-3-15-14(16)8-10-19-15/h4-8,10,18H,2-3,9H2,1H3. The third kappa shape index (κ3) is 2.13. The SMILES string of the molecule is Cc1ccc(NC2(C#N)CCCc3sccc32)cc1. The summed E-state index contributed by atoms with van der Waals surface area (Å²) in [5, 5.41) is 15.3. The summed E-state index contributed by atoms with van der Waals surface area (Å²) in [5.41, 5.74) is 2.87. The molecule has 1 aromatic carbocycles. The summed E-state index contributed by atoms with van der Waals surface area (Å²) in [7, 11) is 0. The van der Waals surface area contributed by atoms with Crippen molar-refractivity contribution in [2.24, 2.45) is 0 Å². The van der Waals surface area contributed by atoms with E-state index in [0.717, 1.165) is 24.9 Å². The number of nitrogens with one attached hydrogen (secondary N) is 1. The van der Waals surface area contributed by atoms with Crippen LogP contribution in [0.2, 0.25) is 0 Å². The summed E-state index contributed by atoms with van der Waals surface area (Å²) in [6.45, 7) is 2.07. The van der Waals surface area contributed by atoms with E-state index in [2.05, 4.69) is 54.0 Å². The van der Waals surface area contributed by atoms with Gasteiger partial charge in [0.15, 0.2) is 5.54 Å². The molecule has 1 heterocycles. The predicted molar refractivity (Wildman–Crippen MR) is 79.3 cm³/mol. The summed E-state index contributed by atoms with van der Waals surface area (Å²) >= 11 is 1.76. The van der Waals surface area contributed by atoms with Crippen molar-refractivity contribution in [1.29, 1.82) is 5.26 Å². The first-order valence-corrected chi connectivity index (χ1v) is 7.44. The molecule has 0 saturated heterocycles. The molecule has 0 fully saturated rings. The monoisotopic (exact) mass is 268 g/mol. The molecule has 1 aliphatic carbocycles. The van der Waals surface area contributed by atoms with Crippen LogP contribution in [0.4, 0.5) is 5.69 Å². The van der Waals surface area contributed by atoms with E-state index in [1.807, 2.05) is 0 Å². The topological polar surface area (TPSA) is 35.8 Å². The second-order valence-electron chi connectivity index (χ2n) is 5.12. The average molecular weight is 268 g/mol. The lowest BCUT2D eigenvalue weighted by molar-refractivity contribution is 0.511. The van der Waals surface area contributed by atoms with Gasteiger partial charge in [-0.15, -0.1) is 11.3 Å². The van der Waals surface area contributed by atoms with E-state index in [9.17, 15) is 5.26 Å². The van der Waals surface area contributed by atoms with Crippen molar-refractivity contribution in [3.05, 3.63) is 51.7 Å². The molecule has 0 amide bonds. The van der Waals surface area contributed by atoms with Crippen LogP contribution < -0.4 is 5.32 Å². The highest BCUT2D eigenvalue weighted by molar-refractivity contribution is 7.10. The van der Waals surface area contributed by atoms with Crippen LogP contribution in [-0.4, -0.2) is 0 Å². The fraction of sp³-hybridized carbons (Fsp3) is 0.312. The molecule has 1 aliphatic rings. The number of nitrogens with zero attached hydrogens (tertiary/aromatic N) is 1. The van der Waals surface area contributed by atoms with Crippen molar-refractivity contribution in [2.75, 3.05) is 5.32 Å². The van der Waals surface area contributed by atoms with Gasteiger partial charge in [-0.05, 0) is 49.8 Å². The van der Waals surface area contributed by atoms with Gasteiger partial charge in [0.2, 0.25) is 0 Å². The van der Waals surface area contributed by atoms with E-state index in [1.54, 1.807) is 11.3 Å². The van der Waals surface area contributed by atoms with Gasteiger partial charge in [0.05, 0.1) is 6.07 Å². The number of thiophene rings is 1. The summed E-state index contributed by atoms with van der Waals surface area (Å²) < 4.78 is 0. The zero-order valence-electron chi connectivity index (χ0n) is 10.9. The summed E-state index contributed by atoms with van der Waals surface area (Å²) in [5.74, 6) is 0. The maximum absolute atomic E-state index is 9.71. The van der Waals surface area contributed by atoms with Crippen molar-refractivity contribution in [3.63, 3.8) is 0 Å². The Morgan fingerprint density at radius 2 is 2.05 bits per heavy atom. The Morgan fingerprint density at radius 1 is 1.26 bits per heavy atom. The Kier molecular flexibility index (Phi) is 3.04. The molecule has 0 spiro atoms. The first kappa shape index (κ1) is 12.3. The number of hydrogen-bond acceptors (Lipinski definition) is 3. The maximum Gasteiger partial charge on any atom is 0.152 e. The van der Waals surface area contributed by atoms with Crippen molar-refractivity contribution < 1.29 is 0 Å². The molecule has 1 aromatic heterocycles. The minimum absolute atomic E-state index is 0.553. The molecule has 3 heteroatoms. The number of aryl methyl sites for hydroxylation is 2. The van der Waals surface area contributed by atoms with Gasteiger partial charge in [-0.25, -0.2) is 0 Å². The zero-order valence-corrected chi connectivity index (χ0v) is 11.8. The van der Waals surface area contributed by atoms with Gasteiger partial charge < -0.3 is 5.32 Å². The first-order chi connectivity index (χ1) is 9.23. The second kappa shape index (κ2) is 4.71. The molecule has 0 aliphatic heterocycles. The van der Waals surface area contributed by atoms with Crippen molar-refractivity contribution in [3.8, 4) is 6.07 Å². The molecule has 19 heavy (non-hydrogen) atoms. The molecule has 2 aromatic rings. The summed E-state index contributed by atoms with van der Waals surface area (Å²) in [6.07, 6.45) is 3.05. The molecule has 1 N–H and O–H groups in total. The summed E-state index contributed by atoms with van der Waals surface area (Å²) in [4.78, 5) is 1.35. The lowest BCUT2D eigenvalue weighted by Crippen LogP contribution is -2.36. The highest BCUT2D eigenvalue weighted by Gasteiger charge is 2.37. The lowest BCUT2D eigenvalue weighted by atomic mass is 9.81. The number of nitriles is 1. The second-order valence-corrected chi connectivity index (χ2v) is 6.12. The Hall–Kier alpha value is -1.79. The minimum atomic E-state index is -0.553. The van der Waals surface area contributed by atoms with Gasteiger partial charge in [0.25, 0.3) is 0 Å². The minimum Gasteiger partial charge on any atom is -0.364 e. The molecular weight excluding hydrogens is 252 g/mol. The number of rotatable bonds is 2. The van der Waals surface area contributed by atoms with Gasteiger partial charge in [0.1, 0.15) is 0 Å². The third-order valence-electron chi connectivity index (χ3n) is 3.76. The quantitative estimate of drug-likeness (QED) is 0.885. The number of benzene rings is 1. The predicted octanol–water partition coefficient (Wildman–Crippen LogP) is 4.22. The van der Waals surface area contributed by atoms with E-state index in [1.165, 1.54) is 16.0 Å². The fourth-order valence-corrected chi connectivity index (χ4v) is 3.72. The molecule has 2 nitrogen and oxygen atoms in total. The zero-order chi connectivity index (χ0) is 13.3. The Labute approximate surface area is 117 Å². The summed E-state index contributed by atoms with van der Waals surface area (Å²) in [6, 6.07) is 12.9. The van der Waals surface area contributed by atoms with E-state index in [4.69, 9.17) is 0 Å². The van der Waals surface area contributed by atoms with Crippen molar-refractivity contribution in [2.45, 2.75) is 31.7 Å². The smallest absolute Gasteiger partial charge is 0.152 e. The third-order valence-corrected chi connectivity index (χ3v) is 4.74. The lowest BCUT2D eigenvalue weighted by Gasteiger charge is -2.33. The van der Waals surface area contributed by atoms with Crippen molar-refractivity contribution >= 4 is 17.0 Å². The molecule has 3 rings (SSSR count). The van der Waals surface area contributed by atoms with Gasteiger partial charge in [-0.3, -0.25) is 0 Å². The van der Waals surface area contributed by atoms with Gasteiger partial charge in [-0.1, -0.05) is 17.7 Å². The highest BCUT2D eigenvalue weighted by atomic mass is 32.1. The Morgan fingerprint density at radius 3 is 2.79 bits per heavy atom. The van der Waals surface area contributed by atoms with Crippen LogP contribution in [0.25, 0.3) is 0 Å². The van der Waals surface area contributed by atoms with Crippen LogP contribution in [0.5, 0.6) is 0 Å². The molecule has 0 bridgehead atoms. The van der Waals surface area contributed by atoms with E-state index in [-0.39, 0.29) is 0 Å². The van der Waals surface area contributed by atoms with E-state index in [0.29, 0.717) is 0 Å². The van der Waals surface area contributed by atoms with E-state index >= 15 is 0 Å². The van der Waals surface area contributed by atoms with Crippen LogP contribution in [0.3, 0.4) is 0 Å². The number of hydrogen-bond donors (Lipinski definition) is 1. The molecule has 1 atom stereocenters. The normalized spacial score (nSPS) is 21.5. The number of anilines is 1. The van der Waals surface area contributed by atoms with Gasteiger partial charge >= 0.3 is 0 Å². The molecular formula is C16H16N2S. The average Bonchev–Trinajstić information content (AvgIpc) is 2.91. The van der Waals surface area contributed by atoms with Crippen LogP contribution in [0.15, 0.2) is 35.7 Å². The highest BCUT2D eigenvalue weighted by Crippen LogP contribution is 2.40. The molecule has 0 radical (unpaired) electrons. The molecule has 0 saturated carbocycles. The van der Waals surface area contributed by atoms with Gasteiger partial charge in [-0.2, -0.15) is 5.26 Å². The van der Waals surface area contributed by atoms with Gasteiger partial charge in [0, 0.05) is 16.1 Å². The Bertz CT molecular complexity index is 621. The maximum atomic E-state index is 9.71. The fourth-order valence-electron chi connectivity index (χ4n) is 2.72. The van der Waals surface area contributed by atoms with Crippen LogP contribution >= 0.6 is 11.3 Å².